The molecule has 0 saturated carbocycles. The third kappa shape index (κ3) is 3.12. The quantitative estimate of drug-likeness (QED) is 0.944. The number of benzene rings is 1. The van der Waals surface area contributed by atoms with Crippen LogP contribution in [0, 0.1) is 0 Å². The van der Waals surface area contributed by atoms with Crippen molar-refractivity contribution in [2.75, 3.05) is 0 Å². The molecule has 5 heteroatoms. The van der Waals surface area contributed by atoms with Crippen LogP contribution in [0.2, 0.25) is 0 Å². The number of hydrogen-bond acceptors (Lipinski definition) is 3. The fourth-order valence-electron chi connectivity index (χ4n) is 1.44. The molecule has 1 aromatic heterocycles. The van der Waals surface area contributed by atoms with E-state index in [0.29, 0.717) is 0 Å². The molecular formula is C12H13BrN2OS. The van der Waals surface area contributed by atoms with Crippen LogP contribution in [-0.2, 0) is 7.05 Å². The Kier molecular flexibility index (Phi) is 3.91. The molecule has 3 nitrogen and oxygen atoms in total. The lowest BCUT2D eigenvalue weighted by Crippen LogP contribution is -1.90. The highest BCUT2D eigenvalue weighted by atomic mass is 79.9. The summed E-state index contributed by atoms with van der Waals surface area (Å²) in [6, 6.07) is 5.89. The lowest BCUT2D eigenvalue weighted by Gasteiger charge is -2.08. The number of aliphatic hydroxyl groups excluding tert-OH is 1. The van der Waals surface area contributed by atoms with Gasteiger partial charge in [-0.3, -0.25) is 4.68 Å². The molecule has 0 saturated heterocycles. The summed E-state index contributed by atoms with van der Waals surface area (Å²) in [5, 5.41) is 13.6. The number of aromatic nitrogens is 2. The van der Waals surface area contributed by atoms with Crippen molar-refractivity contribution in [3.05, 3.63) is 40.6 Å². The van der Waals surface area contributed by atoms with E-state index < -0.39 is 6.10 Å². The Morgan fingerprint density at radius 1 is 1.47 bits per heavy atom. The maximum atomic E-state index is 9.49. The molecule has 17 heavy (non-hydrogen) atoms. The fourth-order valence-corrected chi connectivity index (χ4v) is 2.93. The molecule has 1 unspecified atom stereocenters. The van der Waals surface area contributed by atoms with Crippen molar-refractivity contribution in [1.29, 1.82) is 0 Å². The van der Waals surface area contributed by atoms with Crippen molar-refractivity contribution < 1.29 is 5.11 Å². The van der Waals surface area contributed by atoms with Gasteiger partial charge in [0.1, 0.15) is 0 Å². The Labute approximate surface area is 113 Å². The first-order chi connectivity index (χ1) is 8.06. The van der Waals surface area contributed by atoms with E-state index >= 15 is 0 Å². The number of aryl methyl sites for hydroxylation is 1. The van der Waals surface area contributed by atoms with Gasteiger partial charge in [-0.25, -0.2) is 0 Å². The van der Waals surface area contributed by atoms with Crippen molar-refractivity contribution >= 4 is 27.7 Å². The van der Waals surface area contributed by atoms with Crippen molar-refractivity contribution in [2.24, 2.45) is 7.05 Å². The van der Waals surface area contributed by atoms with Crippen LogP contribution in [0.1, 0.15) is 18.6 Å². The van der Waals surface area contributed by atoms with Gasteiger partial charge in [-0.15, -0.1) is 0 Å². The van der Waals surface area contributed by atoms with E-state index in [2.05, 4.69) is 21.0 Å². The van der Waals surface area contributed by atoms with Crippen LogP contribution < -0.4 is 0 Å². The molecule has 0 bridgehead atoms. The molecular weight excluding hydrogens is 300 g/mol. The van der Waals surface area contributed by atoms with Gasteiger partial charge >= 0.3 is 0 Å². The molecule has 1 aromatic carbocycles. The van der Waals surface area contributed by atoms with Crippen LogP contribution in [0.25, 0.3) is 0 Å². The van der Waals surface area contributed by atoms with Gasteiger partial charge in [0.2, 0.25) is 0 Å². The van der Waals surface area contributed by atoms with Crippen LogP contribution >= 0.6 is 27.7 Å². The summed E-state index contributed by atoms with van der Waals surface area (Å²) in [4.78, 5) is 2.21. The molecule has 0 aliphatic heterocycles. The molecule has 90 valence electrons. The minimum Gasteiger partial charge on any atom is -0.389 e. The molecule has 0 aliphatic rings. The summed E-state index contributed by atoms with van der Waals surface area (Å²) < 4.78 is 2.77. The molecule has 0 aliphatic carbocycles. The smallest absolute Gasteiger partial charge is 0.0762 e. The Balaban J connectivity index is 2.22. The van der Waals surface area contributed by atoms with Gasteiger partial charge in [-0.05, 0) is 40.5 Å². The second kappa shape index (κ2) is 5.25. The molecule has 1 N–H and O–H groups in total. The summed E-state index contributed by atoms with van der Waals surface area (Å²) in [5.74, 6) is 0. The minimum atomic E-state index is -0.441. The summed E-state index contributed by atoms with van der Waals surface area (Å²) in [6.07, 6.45) is 3.36. The second-order valence-corrected chi connectivity index (χ2v) is 5.79. The maximum absolute atomic E-state index is 9.49. The van der Waals surface area contributed by atoms with E-state index in [-0.39, 0.29) is 0 Å². The molecule has 1 atom stereocenters. The average Bonchev–Trinajstić information content (AvgIpc) is 2.67. The van der Waals surface area contributed by atoms with Gasteiger partial charge in [0.05, 0.1) is 17.2 Å². The second-order valence-electron chi connectivity index (χ2n) is 3.82. The van der Waals surface area contributed by atoms with Crippen LogP contribution in [0.15, 0.2) is 44.9 Å². The monoisotopic (exact) mass is 312 g/mol. The summed E-state index contributed by atoms with van der Waals surface area (Å²) in [6.45, 7) is 1.76. The highest BCUT2D eigenvalue weighted by Crippen LogP contribution is 2.34. The van der Waals surface area contributed by atoms with Gasteiger partial charge in [-0.2, -0.15) is 5.10 Å². The Morgan fingerprint density at radius 3 is 2.76 bits per heavy atom. The Morgan fingerprint density at radius 2 is 2.24 bits per heavy atom. The summed E-state index contributed by atoms with van der Waals surface area (Å²) >= 11 is 5.16. The third-order valence-electron chi connectivity index (χ3n) is 2.35. The Hall–Kier alpha value is -0.780. The predicted octanol–water partition coefficient (Wildman–Crippen LogP) is 3.39. The molecule has 1 heterocycles. The predicted molar refractivity (Wildman–Crippen MR) is 72.1 cm³/mol. The number of nitrogens with zero attached hydrogens (tertiary/aromatic N) is 2. The van der Waals surface area contributed by atoms with Crippen molar-refractivity contribution in [1.82, 2.24) is 9.78 Å². The summed E-state index contributed by atoms with van der Waals surface area (Å²) in [5.41, 5.74) is 0.910. The highest BCUT2D eigenvalue weighted by Gasteiger charge is 2.07. The zero-order valence-electron chi connectivity index (χ0n) is 9.59. The summed E-state index contributed by atoms with van der Waals surface area (Å²) in [7, 11) is 1.90. The normalized spacial score (nSPS) is 12.7. The third-order valence-corrected chi connectivity index (χ3v) is 4.29. The minimum absolute atomic E-state index is 0.441. The molecule has 0 spiro atoms. The SMILES string of the molecule is CC(O)c1ccc(Sc2cnn(C)c2)c(Br)c1. The van der Waals surface area contributed by atoms with Crippen molar-refractivity contribution in [2.45, 2.75) is 22.8 Å². The topological polar surface area (TPSA) is 38.1 Å². The number of rotatable bonds is 3. The Bertz CT molecular complexity index is 525. The first-order valence-corrected chi connectivity index (χ1v) is 6.81. The molecule has 0 amide bonds. The van der Waals surface area contributed by atoms with Gasteiger partial charge in [0, 0.05) is 22.6 Å². The van der Waals surface area contributed by atoms with E-state index in [1.54, 1.807) is 23.4 Å². The van der Waals surface area contributed by atoms with Crippen LogP contribution in [0.3, 0.4) is 0 Å². The van der Waals surface area contributed by atoms with E-state index in [1.807, 2.05) is 37.6 Å². The van der Waals surface area contributed by atoms with E-state index in [4.69, 9.17) is 0 Å². The standard InChI is InChI=1S/C12H13BrN2OS/c1-8(16)9-3-4-12(11(13)5-9)17-10-6-14-15(2)7-10/h3-8,16H,1-2H3. The molecule has 2 rings (SSSR count). The van der Waals surface area contributed by atoms with E-state index in [0.717, 1.165) is 19.8 Å². The molecule has 0 fully saturated rings. The van der Waals surface area contributed by atoms with Crippen LogP contribution in [0.4, 0.5) is 0 Å². The van der Waals surface area contributed by atoms with Crippen LogP contribution in [0.5, 0.6) is 0 Å². The van der Waals surface area contributed by atoms with Gasteiger partial charge in [0.15, 0.2) is 0 Å². The van der Waals surface area contributed by atoms with Crippen molar-refractivity contribution in [3.63, 3.8) is 0 Å². The lowest BCUT2D eigenvalue weighted by atomic mass is 10.1. The largest absolute Gasteiger partial charge is 0.389 e. The zero-order valence-corrected chi connectivity index (χ0v) is 12.0. The first-order valence-electron chi connectivity index (χ1n) is 5.20. The maximum Gasteiger partial charge on any atom is 0.0762 e. The number of hydrogen-bond donors (Lipinski definition) is 1. The number of aliphatic hydroxyl groups is 1. The van der Waals surface area contributed by atoms with E-state index in [1.165, 1.54) is 0 Å². The highest BCUT2D eigenvalue weighted by molar-refractivity contribution is 9.10. The molecule has 0 radical (unpaired) electrons. The van der Waals surface area contributed by atoms with Gasteiger partial charge in [0.25, 0.3) is 0 Å². The average molecular weight is 313 g/mol. The fraction of sp³-hybridized carbons (Fsp3) is 0.250. The number of halogens is 1. The zero-order chi connectivity index (χ0) is 12.4. The lowest BCUT2D eigenvalue weighted by molar-refractivity contribution is 0.199. The molecule has 2 aromatic rings. The van der Waals surface area contributed by atoms with Crippen molar-refractivity contribution in [3.8, 4) is 0 Å². The van der Waals surface area contributed by atoms with Gasteiger partial charge < -0.3 is 5.11 Å². The van der Waals surface area contributed by atoms with E-state index in [9.17, 15) is 5.11 Å². The van der Waals surface area contributed by atoms with Gasteiger partial charge in [-0.1, -0.05) is 17.8 Å². The first kappa shape index (κ1) is 12.7. The van der Waals surface area contributed by atoms with Crippen LogP contribution in [-0.4, -0.2) is 14.9 Å².